The normalized spacial score (nSPS) is 12.4. The van der Waals surface area contributed by atoms with Crippen LogP contribution in [0.4, 0.5) is 51.7 Å². The van der Waals surface area contributed by atoms with Crippen LogP contribution in [0.3, 0.4) is 0 Å². The molecule has 0 saturated carbocycles. The molecule has 0 aliphatic carbocycles. The molecule has 0 amide bonds. The predicted octanol–water partition coefficient (Wildman–Crippen LogP) is 8.25. The van der Waals surface area contributed by atoms with E-state index in [1.54, 1.807) is 29.2 Å². The van der Waals surface area contributed by atoms with Gasteiger partial charge in [0.25, 0.3) is 20.2 Å². The molecule has 324 valence electrons. The first-order chi connectivity index (χ1) is 29.2. The van der Waals surface area contributed by atoms with Crippen molar-refractivity contribution in [1.29, 1.82) is 0 Å². The summed E-state index contributed by atoms with van der Waals surface area (Å²) in [6.07, 6.45) is 0.746. The van der Waals surface area contributed by atoms with Crippen molar-refractivity contribution >= 4 is 105 Å². The number of nitrogens with two attached hydrogens (primary N) is 1. The van der Waals surface area contributed by atoms with Crippen LogP contribution in [-0.4, -0.2) is 72.1 Å². The fourth-order valence-corrected chi connectivity index (χ4v) is 7.77. The number of aromatic nitrogens is 3. The second kappa shape index (κ2) is 18.4. The number of benzene rings is 5. The van der Waals surface area contributed by atoms with Gasteiger partial charge in [-0.05, 0) is 109 Å². The average molecular weight is 927 g/mol. The lowest BCUT2D eigenvalue weighted by Crippen LogP contribution is -2.20. The van der Waals surface area contributed by atoms with E-state index in [0.717, 1.165) is 41.1 Å². The van der Waals surface area contributed by atoms with Crippen molar-refractivity contribution in [3.05, 3.63) is 101 Å². The minimum atomic E-state index is -5.06. The number of fused-ring (bicyclic) bond motifs is 1. The molecule has 21 nitrogen and oxygen atoms in total. The molecule has 62 heavy (non-hydrogen) atoms. The number of aryl methyl sites for hydroxylation is 2. The molecule has 0 spiro atoms. The number of phenols is 1. The Kier molecular flexibility index (Phi) is 13.4. The maximum Gasteiger partial charge on any atom is 0.397 e. The lowest BCUT2D eigenvalue weighted by molar-refractivity contribution is 0.265. The van der Waals surface area contributed by atoms with Gasteiger partial charge in [-0.3, -0.25) is 13.7 Å². The predicted molar refractivity (Wildman–Crippen MR) is 229 cm³/mol. The van der Waals surface area contributed by atoms with Gasteiger partial charge in [-0.2, -0.15) is 50.4 Å². The molecule has 6 rings (SSSR count). The summed E-state index contributed by atoms with van der Waals surface area (Å²) >= 11 is 6.26. The molecule has 25 heteroatoms. The number of anilines is 5. The minimum absolute atomic E-state index is 0.0563. The first-order valence-corrected chi connectivity index (χ1v) is 22.6. The second-order valence-electron chi connectivity index (χ2n) is 13.2. The van der Waals surface area contributed by atoms with Crippen molar-refractivity contribution in [3.63, 3.8) is 0 Å². The Morgan fingerprint density at radius 1 is 0.806 bits per heavy atom. The summed E-state index contributed by atoms with van der Waals surface area (Å²) in [7, 11) is -14.5. The Balaban J connectivity index is 1.32. The summed E-state index contributed by atoms with van der Waals surface area (Å²) in [5, 5.41) is 30.1. The zero-order chi connectivity index (χ0) is 45.0. The van der Waals surface area contributed by atoms with Crippen LogP contribution in [0, 0.1) is 6.92 Å². The first-order valence-electron chi connectivity index (χ1n) is 17.9. The average Bonchev–Trinajstić information content (AvgIpc) is 3.18. The summed E-state index contributed by atoms with van der Waals surface area (Å²) in [6.45, 7) is 3.95. The van der Waals surface area contributed by atoms with E-state index in [1.165, 1.54) is 12.1 Å². The highest BCUT2D eigenvalue weighted by Gasteiger charge is 2.25. The fraction of sp³-hybridized carbons (Fsp3) is 0.162. The van der Waals surface area contributed by atoms with Crippen LogP contribution in [0.2, 0.25) is 5.28 Å². The fourth-order valence-electron chi connectivity index (χ4n) is 6.00. The van der Waals surface area contributed by atoms with Gasteiger partial charge in [0, 0.05) is 12.2 Å². The van der Waals surface area contributed by atoms with E-state index in [4.69, 9.17) is 21.9 Å². The Morgan fingerprint density at radius 3 is 2.16 bits per heavy atom. The minimum Gasteiger partial charge on any atom is -0.505 e. The van der Waals surface area contributed by atoms with Gasteiger partial charge in [0.05, 0.1) is 34.7 Å². The summed E-state index contributed by atoms with van der Waals surface area (Å²) in [5.74, 6) is -0.937. The lowest BCUT2D eigenvalue weighted by Gasteiger charge is -2.22. The van der Waals surface area contributed by atoms with Crippen molar-refractivity contribution < 1.29 is 48.2 Å². The summed E-state index contributed by atoms with van der Waals surface area (Å²) < 4.78 is 105. The van der Waals surface area contributed by atoms with Crippen molar-refractivity contribution in [1.82, 2.24) is 15.0 Å². The van der Waals surface area contributed by atoms with E-state index >= 15 is 0 Å². The summed E-state index contributed by atoms with van der Waals surface area (Å²) in [6, 6.07) is 21.1. The van der Waals surface area contributed by atoms with Crippen LogP contribution in [0.1, 0.15) is 24.5 Å². The van der Waals surface area contributed by atoms with E-state index < -0.39 is 51.9 Å². The number of rotatable bonds is 16. The zero-order valence-corrected chi connectivity index (χ0v) is 35.5. The number of nitrogens with one attached hydrogen (secondary N) is 1. The molecule has 1 aromatic heterocycles. The largest absolute Gasteiger partial charge is 0.505 e. The molecule has 0 radical (unpaired) electrons. The van der Waals surface area contributed by atoms with Gasteiger partial charge in [0.2, 0.25) is 17.2 Å². The SMILES string of the molecule is CCN(c1cccc(C)c1)c1nc(Cl)nc(Nc2cc(/N=N/c3c(S(=O)(=O)O)cc4ccc(/N=N/c5ccc(CCCOS(=O)(=O)O)cc5)c(N)c4c3O)ccc2S(=O)(=O)O)n1. The Hall–Kier alpha value is -6.25. The molecule has 0 saturated heterocycles. The van der Waals surface area contributed by atoms with E-state index in [2.05, 4.69) is 44.9 Å². The van der Waals surface area contributed by atoms with Crippen LogP contribution in [0.5, 0.6) is 5.75 Å². The van der Waals surface area contributed by atoms with Gasteiger partial charge >= 0.3 is 10.4 Å². The first kappa shape index (κ1) is 45.3. The summed E-state index contributed by atoms with van der Waals surface area (Å²) in [4.78, 5) is 12.9. The molecule has 5 aromatic carbocycles. The van der Waals surface area contributed by atoms with Crippen LogP contribution in [0.15, 0.2) is 115 Å². The van der Waals surface area contributed by atoms with Gasteiger partial charge in [0.1, 0.15) is 21.2 Å². The molecule has 1 heterocycles. The van der Waals surface area contributed by atoms with Crippen LogP contribution >= 0.6 is 11.6 Å². The number of hydrogen-bond donors (Lipinski definition) is 6. The van der Waals surface area contributed by atoms with Gasteiger partial charge in [-0.25, -0.2) is 4.18 Å². The molecule has 6 aromatic rings. The molecule has 7 N–H and O–H groups in total. The maximum absolute atomic E-state index is 12.6. The monoisotopic (exact) mass is 926 g/mol. The molecule has 0 atom stereocenters. The third kappa shape index (κ3) is 11.2. The van der Waals surface area contributed by atoms with E-state index in [0.29, 0.717) is 25.1 Å². The maximum atomic E-state index is 12.6. The highest BCUT2D eigenvalue weighted by atomic mass is 35.5. The Morgan fingerprint density at radius 2 is 1.50 bits per heavy atom. The van der Waals surface area contributed by atoms with Crippen molar-refractivity contribution in [2.24, 2.45) is 20.5 Å². The number of nitrogens with zero attached hydrogens (tertiary/aromatic N) is 8. The molecule has 0 aliphatic heterocycles. The molecule has 0 fully saturated rings. The number of azo groups is 2. The second-order valence-corrected chi connectivity index (χ2v) is 17.4. The molecule has 0 bridgehead atoms. The van der Waals surface area contributed by atoms with Crippen molar-refractivity contribution in [2.75, 3.05) is 29.1 Å². The molecular formula is C37H35ClN10O11S3. The molecular weight excluding hydrogens is 892 g/mol. The van der Waals surface area contributed by atoms with Crippen LogP contribution in [-0.2, 0) is 41.2 Å². The Labute approximate surface area is 359 Å². The standard InChI is InChI=1S/C37H35ClN10O11S3/c1-3-48(26-8-4-6-21(2)18-26)37-42-35(38)41-36(43-37)40-28-20-25(14-16-29(28)60(50,51)52)45-47-33-30(61(53,54)55)19-23-11-15-27(32(39)31(23)34(33)49)46-44-24-12-9-22(10-13-24)7-5-17-59-62(56,57)58/h4,6,8-16,18-20,49H,3,5,7,17,39H2,1-2H3,(H,50,51,52)(H,53,54,55)(H,56,57,58)(H,40,41,42,43)/b46-44+,47-45+. The molecule has 0 unspecified atom stereocenters. The number of nitrogen functional groups attached to an aromatic ring is 1. The third-order valence-electron chi connectivity index (χ3n) is 8.79. The van der Waals surface area contributed by atoms with E-state index in [-0.39, 0.29) is 57.3 Å². The van der Waals surface area contributed by atoms with Gasteiger partial charge < -0.3 is 21.1 Å². The number of hydrogen-bond acceptors (Lipinski definition) is 18. The van der Waals surface area contributed by atoms with E-state index in [9.17, 15) is 39.5 Å². The molecule has 0 aliphatic rings. The lowest BCUT2D eigenvalue weighted by atomic mass is 10.1. The number of phenolic OH excluding ortho intramolecular Hbond substituents is 1. The quantitative estimate of drug-likeness (QED) is 0.0230. The van der Waals surface area contributed by atoms with Crippen LogP contribution < -0.4 is 16.0 Å². The number of halogens is 1. The zero-order valence-electron chi connectivity index (χ0n) is 32.3. The third-order valence-corrected chi connectivity index (χ3v) is 11.2. The van der Waals surface area contributed by atoms with Crippen molar-refractivity contribution in [3.8, 4) is 5.75 Å². The highest BCUT2D eigenvalue weighted by molar-refractivity contribution is 7.86. The van der Waals surface area contributed by atoms with Gasteiger partial charge in [-0.1, -0.05) is 30.3 Å². The summed E-state index contributed by atoms with van der Waals surface area (Å²) in [5.41, 5.74) is 8.00. The Bertz CT molecular complexity index is 3090. The van der Waals surface area contributed by atoms with Crippen molar-refractivity contribution in [2.45, 2.75) is 36.5 Å². The van der Waals surface area contributed by atoms with E-state index in [1.807, 2.05) is 38.1 Å². The number of aromatic hydroxyl groups is 1. The highest BCUT2D eigenvalue weighted by Crippen LogP contribution is 2.46. The van der Waals surface area contributed by atoms with Crippen LogP contribution in [0.25, 0.3) is 10.8 Å². The smallest absolute Gasteiger partial charge is 0.397 e. The van der Waals surface area contributed by atoms with Gasteiger partial charge in [-0.15, -0.1) is 10.2 Å². The van der Waals surface area contributed by atoms with Gasteiger partial charge in [0.15, 0.2) is 5.75 Å². The topological polar surface area (TPSA) is 322 Å².